The van der Waals surface area contributed by atoms with Gasteiger partial charge in [0.05, 0.1) is 6.54 Å². The van der Waals surface area contributed by atoms with Crippen molar-refractivity contribution in [3.63, 3.8) is 0 Å². The van der Waals surface area contributed by atoms with Gasteiger partial charge in [0.2, 0.25) is 0 Å². The molecule has 0 unspecified atom stereocenters. The number of hydrogen-bond donors (Lipinski definition) is 2. The predicted octanol–water partition coefficient (Wildman–Crippen LogP) is 0.0481. The van der Waals surface area contributed by atoms with Gasteiger partial charge in [-0.2, -0.15) is 5.01 Å². The quantitative estimate of drug-likeness (QED) is 0.711. The average Bonchev–Trinajstić information content (AvgIpc) is 2.62. The highest BCUT2D eigenvalue weighted by molar-refractivity contribution is 7.80. The molecule has 1 aliphatic rings. The predicted molar refractivity (Wildman–Crippen MR) is 61.4 cm³/mol. The standard InChI is InChI=1S/C10H9N3O2S/c14-8-6-11-10(16)13(8)12-9(15)7-4-2-1-3-5-7/h1-5H,6H2,(H,11,16)(H,12,15). The summed E-state index contributed by atoms with van der Waals surface area (Å²) in [6.45, 7) is 0.119. The summed E-state index contributed by atoms with van der Waals surface area (Å²) in [5.74, 6) is -0.630. The van der Waals surface area contributed by atoms with Gasteiger partial charge in [0.15, 0.2) is 5.11 Å². The lowest BCUT2D eigenvalue weighted by atomic mass is 10.2. The molecule has 1 aromatic carbocycles. The van der Waals surface area contributed by atoms with E-state index in [0.29, 0.717) is 5.56 Å². The number of amides is 2. The topological polar surface area (TPSA) is 61.4 Å². The summed E-state index contributed by atoms with van der Waals surface area (Å²) in [6.07, 6.45) is 0. The number of nitrogens with zero attached hydrogens (tertiary/aromatic N) is 1. The average molecular weight is 235 g/mol. The highest BCUT2D eigenvalue weighted by atomic mass is 32.1. The van der Waals surface area contributed by atoms with Gasteiger partial charge in [-0.15, -0.1) is 0 Å². The smallest absolute Gasteiger partial charge is 0.270 e. The van der Waals surface area contributed by atoms with Crippen LogP contribution in [0.1, 0.15) is 10.4 Å². The Bertz CT molecular complexity index is 431. The molecule has 1 aliphatic heterocycles. The van der Waals surface area contributed by atoms with Crippen LogP contribution in [0, 0.1) is 0 Å². The molecule has 0 aliphatic carbocycles. The summed E-state index contributed by atoms with van der Waals surface area (Å²) in [7, 11) is 0. The zero-order valence-electron chi connectivity index (χ0n) is 8.27. The van der Waals surface area contributed by atoms with E-state index in [1.165, 1.54) is 0 Å². The molecule has 6 heteroatoms. The first-order valence-corrected chi connectivity index (χ1v) is 5.06. The molecule has 2 amide bonds. The summed E-state index contributed by atoms with van der Waals surface area (Å²) in [6, 6.07) is 8.62. The zero-order chi connectivity index (χ0) is 11.5. The molecule has 1 saturated heterocycles. The van der Waals surface area contributed by atoms with Crippen LogP contribution in [0.25, 0.3) is 0 Å². The molecular weight excluding hydrogens is 226 g/mol. The van der Waals surface area contributed by atoms with Gasteiger partial charge < -0.3 is 5.32 Å². The molecule has 1 fully saturated rings. The molecule has 82 valence electrons. The van der Waals surface area contributed by atoms with Crippen LogP contribution in [0.4, 0.5) is 0 Å². The van der Waals surface area contributed by atoms with Crippen molar-refractivity contribution in [2.24, 2.45) is 0 Å². The second kappa shape index (κ2) is 4.28. The fourth-order valence-corrected chi connectivity index (χ4v) is 1.51. The number of carbonyl (C=O) groups is 2. The summed E-state index contributed by atoms with van der Waals surface area (Å²) in [5.41, 5.74) is 2.91. The first-order chi connectivity index (χ1) is 7.68. The SMILES string of the molecule is O=C(NN1C(=O)CNC1=S)c1ccccc1. The van der Waals surface area contributed by atoms with Crippen LogP contribution in [0.3, 0.4) is 0 Å². The molecule has 0 atom stereocenters. The molecule has 2 rings (SSSR count). The maximum Gasteiger partial charge on any atom is 0.270 e. The van der Waals surface area contributed by atoms with Crippen molar-refractivity contribution >= 4 is 29.1 Å². The summed E-state index contributed by atoms with van der Waals surface area (Å²) >= 11 is 4.87. The van der Waals surface area contributed by atoms with Crippen molar-refractivity contribution in [3.8, 4) is 0 Å². The fourth-order valence-electron chi connectivity index (χ4n) is 1.29. The van der Waals surface area contributed by atoms with Gasteiger partial charge in [0, 0.05) is 5.56 Å². The first kappa shape index (κ1) is 10.6. The molecule has 0 bridgehead atoms. The highest BCUT2D eigenvalue weighted by Gasteiger charge is 2.27. The van der Waals surface area contributed by atoms with Gasteiger partial charge in [-0.05, 0) is 24.4 Å². The molecule has 0 saturated carbocycles. The summed E-state index contributed by atoms with van der Waals surface area (Å²) < 4.78 is 0. The number of carbonyl (C=O) groups excluding carboxylic acids is 2. The fraction of sp³-hybridized carbons (Fsp3) is 0.100. The number of rotatable bonds is 2. The molecule has 0 radical (unpaired) electrons. The van der Waals surface area contributed by atoms with Crippen LogP contribution in [0.5, 0.6) is 0 Å². The van der Waals surface area contributed by atoms with E-state index in [0.717, 1.165) is 5.01 Å². The molecule has 16 heavy (non-hydrogen) atoms. The molecule has 5 nitrogen and oxygen atoms in total. The second-order valence-electron chi connectivity index (χ2n) is 3.19. The Labute approximate surface area is 97.4 Å². The second-order valence-corrected chi connectivity index (χ2v) is 3.58. The number of nitrogens with one attached hydrogen (secondary N) is 2. The lowest BCUT2D eigenvalue weighted by Crippen LogP contribution is -2.46. The van der Waals surface area contributed by atoms with Gasteiger partial charge in [-0.1, -0.05) is 18.2 Å². The van der Waals surface area contributed by atoms with Gasteiger partial charge >= 0.3 is 0 Å². The van der Waals surface area contributed by atoms with Crippen molar-refractivity contribution in [1.29, 1.82) is 0 Å². The third-order valence-electron chi connectivity index (χ3n) is 2.09. The monoisotopic (exact) mass is 235 g/mol. The Hall–Kier alpha value is -1.95. The highest BCUT2D eigenvalue weighted by Crippen LogP contribution is 2.01. The largest absolute Gasteiger partial charge is 0.352 e. The van der Waals surface area contributed by atoms with Gasteiger partial charge in [-0.3, -0.25) is 15.0 Å². The normalized spacial score (nSPS) is 14.9. The Morgan fingerprint density at radius 2 is 2.06 bits per heavy atom. The Morgan fingerprint density at radius 3 is 2.62 bits per heavy atom. The molecule has 0 aromatic heterocycles. The summed E-state index contributed by atoms with van der Waals surface area (Å²) in [4.78, 5) is 23.0. The van der Waals surface area contributed by atoms with Crippen molar-refractivity contribution in [2.45, 2.75) is 0 Å². The third-order valence-corrected chi connectivity index (χ3v) is 2.42. The van der Waals surface area contributed by atoms with E-state index in [9.17, 15) is 9.59 Å². The number of benzene rings is 1. The number of thiocarbonyl (C=S) groups is 1. The maximum atomic E-state index is 11.7. The van der Waals surface area contributed by atoms with Crippen LogP contribution in [0.15, 0.2) is 30.3 Å². The Balaban J connectivity index is 2.08. The van der Waals surface area contributed by atoms with E-state index >= 15 is 0 Å². The van der Waals surface area contributed by atoms with E-state index in [1.807, 2.05) is 6.07 Å². The molecule has 1 heterocycles. The third kappa shape index (κ3) is 2.01. The van der Waals surface area contributed by atoms with E-state index in [4.69, 9.17) is 12.2 Å². The van der Waals surface area contributed by atoms with Crippen LogP contribution in [-0.4, -0.2) is 28.5 Å². The Kier molecular flexibility index (Phi) is 2.82. The van der Waals surface area contributed by atoms with E-state index < -0.39 is 0 Å². The lowest BCUT2D eigenvalue weighted by Gasteiger charge is -2.15. The van der Waals surface area contributed by atoms with Crippen molar-refractivity contribution in [1.82, 2.24) is 15.8 Å². The van der Waals surface area contributed by atoms with Gasteiger partial charge in [0.1, 0.15) is 0 Å². The molecule has 1 aromatic rings. The van der Waals surface area contributed by atoms with Crippen LogP contribution < -0.4 is 10.7 Å². The van der Waals surface area contributed by atoms with E-state index in [2.05, 4.69) is 10.7 Å². The van der Waals surface area contributed by atoms with Crippen LogP contribution >= 0.6 is 12.2 Å². The first-order valence-electron chi connectivity index (χ1n) is 4.65. The Morgan fingerprint density at radius 1 is 1.38 bits per heavy atom. The minimum Gasteiger partial charge on any atom is -0.352 e. The number of hydrazine groups is 1. The van der Waals surface area contributed by atoms with E-state index in [1.54, 1.807) is 24.3 Å². The zero-order valence-corrected chi connectivity index (χ0v) is 9.08. The lowest BCUT2D eigenvalue weighted by molar-refractivity contribution is -0.126. The minimum absolute atomic E-state index is 0.119. The molecule has 2 N–H and O–H groups in total. The maximum absolute atomic E-state index is 11.7. The van der Waals surface area contributed by atoms with Crippen LogP contribution in [0.2, 0.25) is 0 Å². The van der Waals surface area contributed by atoms with E-state index in [-0.39, 0.29) is 23.5 Å². The van der Waals surface area contributed by atoms with Crippen molar-refractivity contribution < 1.29 is 9.59 Å². The van der Waals surface area contributed by atoms with Crippen molar-refractivity contribution in [2.75, 3.05) is 6.54 Å². The minimum atomic E-state index is -0.361. The number of hydrogen-bond acceptors (Lipinski definition) is 3. The molecule has 0 spiro atoms. The van der Waals surface area contributed by atoms with Crippen LogP contribution in [-0.2, 0) is 4.79 Å². The van der Waals surface area contributed by atoms with Gasteiger partial charge in [-0.25, -0.2) is 0 Å². The van der Waals surface area contributed by atoms with Gasteiger partial charge in [0.25, 0.3) is 11.8 Å². The van der Waals surface area contributed by atoms with Crippen molar-refractivity contribution in [3.05, 3.63) is 35.9 Å². The summed E-state index contributed by atoms with van der Waals surface area (Å²) in [5, 5.41) is 3.93. The molecular formula is C10H9N3O2S.